The average Bonchev–Trinajstić information content (AvgIpc) is 3.43. The zero-order chi connectivity index (χ0) is 23.7. The number of nitrogens with zero attached hydrogens (tertiary/aromatic N) is 3. The summed E-state index contributed by atoms with van der Waals surface area (Å²) in [6, 6.07) is 10.7. The molecule has 2 fully saturated rings. The van der Waals surface area contributed by atoms with Crippen molar-refractivity contribution in [2.75, 3.05) is 18.0 Å². The molecule has 0 atom stereocenters. The number of aromatic nitrogens is 2. The van der Waals surface area contributed by atoms with E-state index in [9.17, 15) is 4.39 Å². The number of benzene rings is 2. The summed E-state index contributed by atoms with van der Waals surface area (Å²) in [7, 11) is 0. The van der Waals surface area contributed by atoms with Crippen LogP contribution in [0.25, 0.3) is 27.0 Å². The first-order valence-electron chi connectivity index (χ1n) is 12.0. The fourth-order valence-electron chi connectivity index (χ4n) is 5.52. The van der Waals surface area contributed by atoms with Crippen molar-refractivity contribution in [1.82, 2.24) is 10.1 Å². The van der Waals surface area contributed by atoms with Crippen molar-refractivity contribution in [3.63, 3.8) is 0 Å². The van der Waals surface area contributed by atoms with Crippen molar-refractivity contribution in [2.24, 2.45) is 5.41 Å². The highest BCUT2D eigenvalue weighted by atomic mass is 35.5. The number of para-hydroxylation sites is 1. The molecule has 2 aromatic heterocycles. The maximum Gasteiger partial charge on any atom is 0.186 e. The fourth-order valence-corrected chi connectivity index (χ4v) is 7.12. The smallest absolute Gasteiger partial charge is 0.186 e. The summed E-state index contributed by atoms with van der Waals surface area (Å²) in [5, 5.41) is 6.54. The van der Waals surface area contributed by atoms with Gasteiger partial charge in [-0.05, 0) is 67.4 Å². The lowest BCUT2D eigenvalue weighted by molar-refractivity contribution is 0.277. The van der Waals surface area contributed by atoms with Crippen LogP contribution in [-0.4, -0.2) is 23.2 Å². The molecule has 1 aliphatic heterocycles. The minimum absolute atomic E-state index is 0.174. The molecule has 3 aliphatic rings. The molecule has 1 saturated heterocycles. The van der Waals surface area contributed by atoms with Gasteiger partial charge in [-0.2, -0.15) is 0 Å². The lowest BCUT2D eigenvalue weighted by Gasteiger charge is -2.46. The van der Waals surface area contributed by atoms with Gasteiger partial charge in [-0.3, -0.25) is 0 Å². The summed E-state index contributed by atoms with van der Waals surface area (Å²) in [4.78, 5) is 6.89. The van der Waals surface area contributed by atoms with E-state index in [-0.39, 0.29) is 11.2 Å². The molecule has 4 aromatic rings. The van der Waals surface area contributed by atoms with Crippen LogP contribution in [0.1, 0.15) is 49.3 Å². The number of fused-ring (bicyclic) bond motifs is 1. The number of anilines is 1. The molecule has 3 heterocycles. The van der Waals surface area contributed by atoms with E-state index < -0.39 is 0 Å². The van der Waals surface area contributed by atoms with Crippen LogP contribution in [0.2, 0.25) is 10.0 Å². The molecule has 35 heavy (non-hydrogen) atoms. The summed E-state index contributed by atoms with van der Waals surface area (Å²) in [5.74, 6) is 1.16. The van der Waals surface area contributed by atoms with E-state index in [1.54, 1.807) is 17.4 Å². The quantitative estimate of drug-likeness (QED) is 0.268. The Kier molecular flexibility index (Phi) is 5.02. The van der Waals surface area contributed by atoms with Crippen LogP contribution in [-0.2, 0) is 0 Å². The lowest BCUT2D eigenvalue weighted by Crippen LogP contribution is -2.42. The summed E-state index contributed by atoms with van der Waals surface area (Å²) in [5.41, 5.74) is 4.54. The Morgan fingerprint density at radius 2 is 1.74 bits per heavy atom. The first-order chi connectivity index (χ1) is 17.0. The molecule has 2 aliphatic carbocycles. The highest BCUT2D eigenvalue weighted by Gasteiger charge is 2.44. The number of allylic oxidation sites excluding steroid dienone is 2. The monoisotopic (exact) mass is 525 g/mol. The van der Waals surface area contributed by atoms with E-state index in [0.717, 1.165) is 77.6 Å². The van der Waals surface area contributed by atoms with Crippen molar-refractivity contribution >= 4 is 55.5 Å². The maximum atomic E-state index is 14.1. The third-order valence-electron chi connectivity index (χ3n) is 7.60. The number of rotatable bonds is 4. The van der Waals surface area contributed by atoms with Gasteiger partial charge in [0.2, 0.25) is 0 Å². The topological polar surface area (TPSA) is 42.2 Å². The molecule has 0 radical (unpaired) electrons. The average molecular weight is 526 g/mol. The third-order valence-corrected chi connectivity index (χ3v) is 9.31. The predicted molar refractivity (Wildman–Crippen MR) is 140 cm³/mol. The van der Waals surface area contributed by atoms with Crippen LogP contribution in [0.5, 0.6) is 0 Å². The number of hydrogen-bond acceptors (Lipinski definition) is 5. The second kappa shape index (κ2) is 8.05. The summed E-state index contributed by atoms with van der Waals surface area (Å²) >= 11 is 14.7. The Bertz CT molecular complexity index is 1480. The van der Waals surface area contributed by atoms with Gasteiger partial charge in [0.05, 0.1) is 14.7 Å². The second-order valence-corrected chi connectivity index (χ2v) is 11.7. The Morgan fingerprint density at radius 3 is 2.43 bits per heavy atom. The number of hydrogen-bond donors (Lipinski definition) is 0. The molecule has 0 unspecified atom stereocenters. The van der Waals surface area contributed by atoms with Crippen molar-refractivity contribution in [2.45, 2.75) is 38.0 Å². The number of thiazole rings is 1. The molecule has 1 saturated carbocycles. The minimum atomic E-state index is -0.250. The van der Waals surface area contributed by atoms with Gasteiger partial charge in [0, 0.05) is 30.1 Å². The molecule has 178 valence electrons. The second-order valence-electron chi connectivity index (χ2n) is 9.92. The minimum Gasteiger partial charge on any atom is -0.360 e. The molecule has 4 nitrogen and oxygen atoms in total. The van der Waals surface area contributed by atoms with E-state index in [2.05, 4.69) is 21.1 Å². The van der Waals surface area contributed by atoms with Gasteiger partial charge in [0.25, 0.3) is 0 Å². The van der Waals surface area contributed by atoms with Gasteiger partial charge in [-0.15, -0.1) is 0 Å². The summed E-state index contributed by atoms with van der Waals surface area (Å²) in [6.07, 6.45) is 7.77. The van der Waals surface area contributed by atoms with Gasteiger partial charge in [-0.25, -0.2) is 9.37 Å². The van der Waals surface area contributed by atoms with Gasteiger partial charge in [0.1, 0.15) is 22.8 Å². The van der Waals surface area contributed by atoms with Crippen LogP contribution in [0.3, 0.4) is 0 Å². The molecule has 0 amide bonds. The van der Waals surface area contributed by atoms with Crippen LogP contribution >= 0.6 is 34.5 Å². The van der Waals surface area contributed by atoms with Gasteiger partial charge < -0.3 is 9.42 Å². The molecule has 8 heteroatoms. The molecule has 0 N–H and O–H groups in total. The van der Waals surface area contributed by atoms with Crippen LogP contribution < -0.4 is 4.90 Å². The predicted octanol–water partition coefficient (Wildman–Crippen LogP) is 8.35. The van der Waals surface area contributed by atoms with Crippen molar-refractivity contribution < 1.29 is 8.91 Å². The van der Waals surface area contributed by atoms with Gasteiger partial charge >= 0.3 is 0 Å². The van der Waals surface area contributed by atoms with Gasteiger partial charge in [0.15, 0.2) is 5.13 Å². The number of halogens is 3. The molecule has 2 aromatic carbocycles. The largest absolute Gasteiger partial charge is 0.360 e. The van der Waals surface area contributed by atoms with E-state index in [0.29, 0.717) is 21.5 Å². The van der Waals surface area contributed by atoms with E-state index >= 15 is 0 Å². The van der Waals surface area contributed by atoms with Crippen molar-refractivity contribution in [1.29, 1.82) is 0 Å². The summed E-state index contributed by atoms with van der Waals surface area (Å²) in [6.45, 7) is 1.82. The van der Waals surface area contributed by atoms with Crippen LogP contribution in [0.4, 0.5) is 9.52 Å². The van der Waals surface area contributed by atoms with E-state index in [4.69, 9.17) is 27.7 Å². The Labute approximate surface area is 216 Å². The zero-order valence-electron chi connectivity index (χ0n) is 18.9. The highest BCUT2D eigenvalue weighted by molar-refractivity contribution is 7.22. The Hall–Kier alpha value is -2.41. The van der Waals surface area contributed by atoms with E-state index in [1.165, 1.54) is 11.6 Å². The van der Waals surface area contributed by atoms with Crippen molar-refractivity contribution in [3.8, 4) is 11.3 Å². The maximum absolute atomic E-state index is 14.1. The summed E-state index contributed by atoms with van der Waals surface area (Å²) < 4.78 is 20.9. The highest BCUT2D eigenvalue weighted by Crippen LogP contribution is 2.56. The fraction of sp³-hybridized carbons (Fsp3) is 0.333. The van der Waals surface area contributed by atoms with Crippen molar-refractivity contribution in [3.05, 3.63) is 69.7 Å². The first kappa shape index (κ1) is 21.8. The SMILES string of the molecule is Fc1cccc2sc(N3CCC4(C=C(c5c(-c6c(Cl)cccc6Cl)noc5C5CC5)C4)CC3)nc12. The van der Waals surface area contributed by atoms with Gasteiger partial charge in [-0.1, -0.05) is 57.9 Å². The van der Waals surface area contributed by atoms with Crippen LogP contribution in [0.15, 0.2) is 47.0 Å². The zero-order valence-corrected chi connectivity index (χ0v) is 21.2. The molecular weight excluding hydrogens is 504 g/mol. The third kappa shape index (κ3) is 3.61. The molecule has 0 bridgehead atoms. The standard InChI is InChI=1S/C27H22Cl2FN3OS/c28-17-3-1-4-18(29)22(17)24-21(25(34-32-24)15-7-8-15)16-13-27(14-16)9-11-33(12-10-27)26-31-23-19(30)5-2-6-20(23)35-26/h1-6,13,15H,7-12,14H2. The lowest BCUT2D eigenvalue weighted by atomic mass is 9.63. The van der Waals surface area contributed by atoms with Crippen LogP contribution in [0, 0.1) is 11.2 Å². The molecule has 1 spiro atoms. The number of piperidine rings is 1. The van der Waals surface area contributed by atoms with E-state index in [1.807, 2.05) is 24.3 Å². The normalized spacial score (nSPS) is 19.3. The molecule has 7 rings (SSSR count). The Balaban J connectivity index is 1.16. The molecular formula is C27H22Cl2FN3OS. The Morgan fingerprint density at radius 1 is 1.03 bits per heavy atom. The first-order valence-corrected chi connectivity index (χ1v) is 13.5.